The van der Waals surface area contributed by atoms with Gasteiger partial charge in [-0.1, -0.05) is 6.07 Å². The number of carboxylic acid groups (broad SMARTS) is 1. The highest BCUT2D eigenvalue weighted by Gasteiger charge is 2.14. The fraction of sp³-hybridized carbons (Fsp3) is 0. The Labute approximate surface area is 116 Å². The lowest BCUT2D eigenvalue weighted by atomic mass is 10.1. The van der Waals surface area contributed by atoms with E-state index in [1.807, 2.05) is 0 Å². The molecule has 108 valence electrons. The van der Waals surface area contributed by atoms with Gasteiger partial charge < -0.3 is 10.4 Å². The van der Waals surface area contributed by atoms with Crippen LogP contribution < -0.4 is 5.32 Å². The summed E-state index contributed by atoms with van der Waals surface area (Å²) in [6.45, 7) is 0. The molecule has 0 atom stereocenters. The number of benzene rings is 2. The van der Waals surface area contributed by atoms with Gasteiger partial charge in [0.2, 0.25) is 0 Å². The van der Waals surface area contributed by atoms with Crippen LogP contribution >= 0.6 is 0 Å². The summed E-state index contributed by atoms with van der Waals surface area (Å²) in [5.41, 5.74) is -0.406. The molecule has 0 aliphatic carbocycles. The number of rotatable bonds is 3. The molecule has 0 radical (unpaired) electrons. The van der Waals surface area contributed by atoms with Gasteiger partial charge in [0, 0.05) is 23.4 Å². The van der Waals surface area contributed by atoms with Gasteiger partial charge >= 0.3 is 5.97 Å². The second-order valence-electron chi connectivity index (χ2n) is 4.09. The number of aromatic carboxylic acids is 1. The summed E-state index contributed by atoms with van der Waals surface area (Å²) in [6.07, 6.45) is 0. The van der Waals surface area contributed by atoms with E-state index in [1.165, 1.54) is 18.2 Å². The second kappa shape index (κ2) is 5.66. The molecule has 0 heterocycles. The van der Waals surface area contributed by atoms with E-state index in [9.17, 15) is 22.8 Å². The molecular weight excluding hydrogens is 287 g/mol. The van der Waals surface area contributed by atoms with Crippen molar-refractivity contribution in [2.45, 2.75) is 0 Å². The molecule has 0 bridgehead atoms. The van der Waals surface area contributed by atoms with Crippen LogP contribution in [-0.2, 0) is 0 Å². The summed E-state index contributed by atoms with van der Waals surface area (Å²) >= 11 is 0. The third kappa shape index (κ3) is 3.19. The summed E-state index contributed by atoms with van der Waals surface area (Å²) in [6, 6.07) is 6.32. The smallest absolute Gasteiger partial charge is 0.335 e. The molecule has 2 N–H and O–H groups in total. The number of halogens is 3. The van der Waals surface area contributed by atoms with E-state index in [4.69, 9.17) is 5.11 Å². The predicted octanol–water partition coefficient (Wildman–Crippen LogP) is 3.05. The number of carboxylic acids is 1. The fourth-order valence-electron chi connectivity index (χ4n) is 1.62. The van der Waals surface area contributed by atoms with E-state index < -0.39 is 29.3 Å². The van der Waals surface area contributed by atoms with Crippen LogP contribution in [0.3, 0.4) is 0 Å². The molecular formula is C14H8F3NO3. The fourth-order valence-corrected chi connectivity index (χ4v) is 1.62. The first-order chi connectivity index (χ1) is 9.88. The Morgan fingerprint density at radius 3 is 2.10 bits per heavy atom. The zero-order valence-electron chi connectivity index (χ0n) is 10.4. The number of amides is 1. The van der Waals surface area contributed by atoms with Crippen LogP contribution in [0, 0.1) is 17.5 Å². The molecule has 7 heteroatoms. The minimum atomic E-state index is -1.64. The maximum Gasteiger partial charge on any atom is 0.335 e. The average molecular weight is 295 g/mol. The van der Waals surface area contributed by atoms with Gasteiger partial charge in [-0.25, -0.2) is 18.0 Å². The minimum absolute atomic E-state index is 0.0139. The first-order valence-corrected chi connectivity index (χ1v) is 5.67. The Morgan fingerprint density at radius 2 is 1.52 bits per heavy atom. The summed E-state index contributed by atoms with van der Waals surface area (Å²) in [4.78, 5) is 22.6. The molecule has 0 fully saturated rings. The van der Waals surface area contributed by atoms with Gasteiger partial charge in [-0.3, -0.25) is 4.79 Å². The lowest BCUT2D eigenvalue weighted by molar-refractivity contribution is 0.0697. The van der Waals surface area contributed by atoms with Crippen molar-refractivity contribution in [1.29, 1.82) is 0 Å². The van der Waals surface area contributed by atoms with Crippen LogP contribution in [0.1, 0.15) is 20.7 Å². The van der Waals surface area contributed by atoms with Crippen LogP contribution in [0.25, 0.3) is 0 Å². The maximum absolute atomic E-state index is 13.0. The molecule has 0 aliphatic heterocycles. The van der Waals surface area contributed by atoms with Gasteiger partial charge in [-0.2, -0.15) is 0 Å². The number of hydrogen-bond acceptors (Lipinski definition) is 2. The highest BCUT2D eigenvalue weighted by atomic mass is 19.2. The van der Waals surface area contributed by atoms with E-state index in [1.54, 1.807) is 0 Å². The zero-order valence-corrected chi connectivity index (χ0v) is 10.4. The van der Waals surface area contributed by atoms with Crippen LogP contribution in [-0.4, -0.2) is 17.0 Å². The Morgan fingerprint density at radius 1 is 0.952 bits per heavy atom. The molecule has 21 heavy (non-hydrogen) atoms. The van der Waals surface area contributed by atoms with E-state index in [-0.39, 0.29) is 16.8 Å². The van der Waals surface area contributed by atoms with Gasteiger partial charge in [-0.15, -0.1) is 0 Å². The van der Waals surface area contributed by atoms with E-state index in [0.29, 0.717) is 12.1 Å². The van der Waals surface area contributed by atoms with Crippen LogP contribution in [0.15, 0.2) is 36.4 Å². The van der Waals surface area contributed by atoms with Crippen molar-refractivity contribution >= 4 is 17.6 Å². The summed E-state index contributed by atoms with van der Waals surface area (Å²) < 4.78 is 38.8. The molecule has 0 saturated carbocycles. The molecule has 0 aromatic heterocycles. The predicted molar refractivity (Wildman–Crippen MR) is 67.7 cm³/mol. The van der Waals surface area contributed by atoms with E-state index in [2.05, 4.69) is 5.32 Å². The number of anilines is 1. The first kappa shape index (κ1) is 14.6. The van der Waals surface area contributed by atoms with E-state index >= 15 is 0 Å². The monoisotopic (exact) mass is 295 g/mol. The average Bonchev–Trinajstić information content (AvgIpc) is 2.44. The Balaban J connectivity index is 2.26. The molecule has 4 nitrogen and oxygen atoms in total. The van der Waals surface area contributed by atoms with Gasteiger partial charge in [-0.05, 0) is 18.2 Å². The maximum atomic E-state index is 13.0. The van der Waals surface area contributed by atoms with E-state index in [0.717, 1.165) is 6.07 Å². The molecule has 0 spiro atoms. The number of nitrogens with one attached hydrogen (secondary N) is 1. The number of carbonyl (C=O) groups excluding carboxylic acids is 1. The second-order valence-corrected chi connectivity index (χ2v) is 4.09. The summed E-state index contributed by atoms with van der Waals surface area (Å²) in [5.74, 6) is -6.51. The number of carbonyl (C=O) groups is 2. The Hall–Kier alpha value is -2.83. The lowest BCUT2D eigenvalue weighted by Crippen LogP contribution is -2.13. The summed E-state index contributed by atoms with van der Waals surface area (Å²) in [5, 5.41) is 11.0. The molecule has 2 rings (SSSR count). The van der Waals surface area contributed by atoms with Gasteiger partial charge in [0.1, 0.15) is 0 Å². The quantitative estimate of drug-likeness (QED) is 0.855. The molecule has 0 aliphatic rings. The van der Waals surface area contributed by atoms with Crippen molar-refractivity contribution in [2.75, 3.05) is 5.32 Å². The molecule has 2 aromatic carbocycles. The van der Waals surface area contributed by atoms with Gasteiger partial charge in [0.25, 0.3) is 5.91 Å². The first-order valence-electron chi connectivity index (χ1n) is 5.67. The molecule has 0 unspecified atom stereocenters. The van der Waals surface area contributed by atoms with Crippen LogP contribution in [0.4, 0.5) is 18.9 Å². The third-order valence-corrected chi connectivity index (χ3v) is 2.61. The van der Waals surface area contributed by atoms with Crippen molar-refractivity contribution in [2.24, 2.45) is 0 Å². The SMILES string of the molecule is O=C(O)c1cccc(C(=O)Nc2cc(F)c(F)c(F)c2)c1. The topological polar surface area (TPSA) is 66.4 Å². The number of hydrogen-bond donors (Lipinski definition) is 2. The molecule has 2 aromatic rings. The van der Waals surface area contributed by atoms with Crippen molar-refractivity contribution in [1.82, 2.24) is 0 Å². The van der Waals surface area contributed by atoms with Crippen LogP contribution in [0.5, 0.6) is 0 Å². The normalized spacial score (nSPS) is 10.2. The highest BCUT2D eigenvalue weighted by Crippen LogP contribution is 2.18. The minimum Gasteiger partial charge on any atom is -0.478 e. The van der Waals surface area contributed by atoms with Crippen LogP contribution in [0.2, 0.25) is 0 Å². The largest absolute Gasteiger partial charge is 0.478 e. The third-order valence-electron chi connectivity index (χ3n) is 2.61. The van der Waals surface area contributed by atoms with Crippen molar-refractivity contribution < 1.29 is 27.9 Å². The van der Waals surface area contributed by atoms with Crippen molar-refractivity contribution in [3.8, 4) is 0 Å². The van der Waals surface area contributed by atoms with Gasteiger partial charge in [0.05, 0.1) is 5.56 Å². The standard InChI is InChI=1S/C14H8F3NO3/c15-10-5-9(6-11(16)12(10)17)18-13(19)7-2-1-3-8(4-7)14(20)21/h1-6H,(H,18,19)(H,20,21). The molecule has 1 amide bonds. The van der Waals surface area contributed by atoms with Gasteiger partial charge in [0.15, 0.2) is 17.5 Å². The highest BCUT2D eigenvalue weighted by molar-refractivity contribution is 6.05. The molecule has 0 saturated heterocycles. The van der Waals surface area contributed by atoms with Crippen molar-refractivity contribution in [3.05, 3.63) is 65.0 Å². The summed E-state index contributed by atoms with van der Waals surface area (Å²) in [7, 11) is 0. The Bertz CT molecular complexity index is 708. The lowest BCUT2D eigenvalue weighted by Gasteiger charge is -2.07. The van der Waals surface area contributed by atoms with Crippen molar-refractivity contribution in [3.63, 3.8) is 0 Å². The zero-order chi connectivity index (χ0) is 15.6. The Kier molecular flexibility index (Phi) is 3.93.